The lowest BCUT2D eigenvalue weighted by Gasteiger charge is -2.21. The molecule has 0 spiro atoms. The van der Waals surface area contributed by atoms with Crippen molar-refractivity contribution < 1.29 is 10.2 Å². The van der Waals surface area contributed by atoms with E-state index in [4.69, 9.17) is 4.98 Å². The molecule has 5 rings (SSSR count). The van der Waals surface area contributed by atoms with E-state index in [0.29, 0.717) is 36.2 Å². The number of aryl methyl sites for hydroxylation is 2. The zero-order valence-corrected chi connectivity index (χ0v) is 14.2. The monoisotopic (exact) mass is 347 g/mol. The molecular weight excluding hydrogens is 330 g/mol. The Morgan fingerprint density at radius 2 is 2.00 bits per heavy atom. The first kappa shape index (κ1) is 15.0. The molecule has 3 heterocycles. The van der Waals surface area contributed by atoms with Crippen LogP contribution in [0.25, 0.3) is 33.3 Å². The summed E-state index contributed by atoms with van der Waals surface area (Å²) in [6.45, 7) is 3.15. The van der Waals surface area contributed by atoms with Crippen LogP contribution in [0, 0.1) is 0 Å². The Labute approximate surface area is 148 Å². The van der Waals surface area contributed by atoms with Gasteiger partial charge in [0.1, 0.15) is 11.5 Å². The zero-order valence-electron chi connectivity index (χ0n) is 14.2. The van der Waals surface area contributed by atoms with Crippen molar-refractivity contribution in [1.82, 2.24) is 14.1 Å². The van der Waals surface area contributed by atoms with Gasteiger partial charge in [0.25, 0.3) is 5.56 Å². The van der Waals surface area contributed by atoms with Crippen molar-refractivity contribution in [3.63, 3.8) is 0 Å². The smallest absolute Gasteiger partial charge is 0.261 e. The number of phenolic OH excluding ortho intramolecular Hbond substituents is 2. The van der Waals surface area contributed by atoms with Crippen LogP contribution >= 0.6 is 0 Å². The van der Waals surface area contributed by atoms with Gasteiger partial charge in [-0.2, -0.15) is 0 Å². The number of nitrogens with zero attached hydrogens (tertiary/aromatic N) is 3. The highest BCUT2D eigenvalue weighted by Crippen LogP contribution is 2.42. The third-order valence-electron chi connectivity index (χ3n) is 5.20. The van der Waals surface area contributed by atoms with Gasteiger partial charge < -0.3 is 14.8 Å². The van der Waals surface area contributed by atoms with Gasteiger partial charge in [-0.25, -0.2) is 4.98 Å². The van der Waals surface area contributed by atoms with E-state index in [-0.39, 0.29) is 17.1 Å². The highest BCUT2D eigenvalue weighted by atomic mass is 16.3. The number of para-hydroxylation sites is 1. The van der Waals surface area contributed by atoms with Crippen LogP contribution in [-0.2, 0) is 19.5 Å². The van der Waals surface area contributed by atoms with Gasteiger partial charge in [-0.1, -0.05) is 12.1 Å². The molecular formula is C20H17N3O3. The van der Waals surface area contributed by atoms with Crippen molar-refractivity contribution in [3.8, 4) is 23.0 Å². The fraction of sp³-hybridized carbons (Fsp3) is 0.200. The lowest BCUT2D eigenvalue weighted by molar-refractivity contribution is 0.454. The van der Waals surface area contributed by atoms with Crippen LogP contribution in [0.4, 0.5) is 0 Å². The molecule has 2 aromatic heterocycles. The van der Waals surface area contributed by atoms with Crippen molar-refractivity contribution in [2.75, 3.05) is 0 Å². The molecule has 4 aromatic rings. The maximum atomic E-state index is 12.9. The van der Waals surface area contributed by atoms with Gasteiger partial charge >= 0.3 is 0 Å². The van der Waals surface area contributed by atoms with Crippen molar-refractivity contribution in [1.29, 1.82) is 0 Å². The summed E-state index contributed by atoms with van der Waals surface area (Å²) in [6.07, 6.45) is 0.629. The minimum atomic E-state index is -0.0452. The average Bonchev–Trinajstić information content (AvgIpc) is 2.95. The SMILES string of the molecule is CCn1c2c(c3c(O)cc(O)cc31)CCn1c-2nc2ccccc2c1=O. The van der Waals surface area contributed by atoms with E-state index < -0.39 is 0 Å². The Morgan fingerprint density at radius 3 is 2.81 bits per heavy atom. The summed E-state index contributed by atoms with van der Waals surface area (Å²) in [6, 6.07) is 10.4. The maximum absolute atomic E-state index is 12.9. The van der Waals surface area contributed by atoms with Crippen LogP contribution in [0.2, 0.25) is 0 Å². The fourth-order valence-corrected chi connectivity index (χ4v) is 4.13. The van der Waals surface area contributed by atoms with E-state index in [1.165, 1.54) is 6.07 Å². The van der Waals surface area contributed by atoms with Gasteiger partial charge in [-0.05, 0) is 31.0 Å². The number of hydrogen-bond donors (Lipinski definition) is 2. The molecule has 1 aliphatic heterocycles. The Balaban J connectivity index is 1.97. The Bertz CT molecular complexity index is 1270. The second-order valence-electron chi connectivity index (χ2n) is 6.59. The number of hydrogen-bond acceptors (Lipinski definition) is 4. The van der Waals surface area contributed by atoms with Crippen molar-refractivity contribution in [3.05, 3.63) is 52.3 Å². The van der Waals surface area contributed by atoms with Crippen LogP contribution in [-0.4, -0.2) is 24.3 Å². The molecule has 130 valence electrons. The molecule has 0 unspecified atom stereocenters. The van der Waals surface area contributed by atoms with Crippen molar-refractivity contribution in [2.45, 2.75) is 26.4 Å². The standard InChI is InChI=1S/C20H17N3O3/c1-2-22-15-9-11(24)10-16(25)17(15)13-7-8-23-19(18(13)22)21-14-6-4-3-5-12(14)20(23)26/h3-6,9-10,24-25H,2,7-8H2,1H3. The summed E-state index contributed by atoms with van der Waals surface area (Å²) in [5, 5.41) is 21.7. The minimum absolute atomic E-state index is 0.0170. The summed E-state index contributed by atoms with van der Waals surface area (Å²) in [5.41, 5.74) is 3.19. The Morgan fingerprint density at radius 1 is 1.19 bits per heavy atom. The molecule has 1 aliphatic rings. The topological polar surface area (TPSA) is 80.3 Å². The first-order valence-corrected chi connectivity index (χ1v) is 8.67. The van der Waals surface area contributed by atoms with E-state index in [9.17, 15) is 15.0 Å². The second-order valence-corrected chi connectivity index (χ2v) is 6.59. The van der Waals surface area contributed by atoms with E-state index in [2.05, 4.69) is 0 Å². The highest BCUT2D eigenvalue weighted by Gasteiger charge is 2.28. The van der Waals surface area contributed by atoms with E-state index in [1.807, 2.05) is 29.7 Å². The van der Waals surface area contributed by atoms with Crippen LogP contribution < -0.4 is 5.56 Å². The molecule has 0 amide bonds. The van der Waals surface area contributed by atoms with Crippen LogP contribution in [0.5, 0.6) is 11.5 Å². The number of fused-ring (bicyclic) bond motifs is 6. The number of aromatic nitrogens is 3. The third-order valence-corrected chi connectivity index (χ3v) is 5.20. The molecule has 6 nitrogen and oxygen atoms in total. The van der Waals surface area contributed by atoms with Gasteiger partial charge in [0.05, 0.1) is 22.1 Å². The molecule has 0 bridgehead atoms. The van der Waals surface area contributed by atoms with Gasteiger partial charge in [-0.3, -0.25) is 9.36 Å². The van der Waals surface area contributed by atoms with Gasteiger partial charge in [0.2, 0.25) is 0 Å². The molecule has 0 saturated carbocycles. The lowest BCUT2D eigenvalue weighted by atomic mass is 10.0. The van der Waals surface area contributed by atoms with Crippen LogP contribution in [0.15, 0.2) is 41.2 Å². The van der Waals surface area contributed by atoms with E-state index in [1.54, 1.807) is 16.7 Å². The van der Waals surface area contributed by atoms with Crippen LogP contribution in [0.3, 0.4) is 0 Å². The molecule has 0 saturated heterocycles. The number of benzene rings is 2. The molecule has 2 aromatic carbocycles. The number of phenols is 2. The summed E-state index contributed by atoms with van der Waals surface area (Å²) in [5.74, 6) is 0.690. The fourth-order valence-electron chi connectivity index (χ4n) is 4.13. The van der Waals surface area contributed by atoms with Crippen LogP contribution in [0.1, 0.15) is 12.5 Å². The minimum Gasteiger partial charge on any atom is -0.508 e. The highest BCUT2D eigenvalue weighted by molar-refractivity contribution is 5.97. The van der Waals surface area contributed by atoms with Gasteiger partial charge in [-0.15, -0.1) is 0 Å². The summed E-state index contributed by atoms with van der Waals surface area (Å²) in [7, 11) is 0. The molecule has 0 aliphatic carbocycles. The first-order chi connectivity index (χ1) is 12.6. The van der Waals surface area contributed by atoms with Crippen molar-refractivity contribution >= 4 is 21.8 Å². The molecule has 0 fully saturated rings. The number of aromatic hydroxyl groups is 2. The van der Waals surface area contributed by atoms with E-state index >= 15 is 0 Å². The van der Waals surface area contributed by atoms with E-state index in [0.717, 1.165) is 22.2 Å². The van der Waals surface area contributed by atoms with Crippen molar-refractivity contribution in [2.24, 2.45) is 0 Å². The molecule has 26 heavy (non-hydrogen) atoms. The quantitative estimate of drug-likeness (QED) is 0.555. The summed E-state index contributed by atoms with van der Waals surface area (Å²) < 4.78 is 3.73. The van der Waals surface area contributed by atoms with Gasteiger partial charge in [0.15, 0.2) is 5.82 Å². The Hall–Kier alpha value is -3.28. The second kappa shape index (κ2) is 5.11. The molecule has 6 heteroatoms. The largest absolute Gasteiger partial charge is 0.508 e. The Kier molecular flexibility index (Phi) is 2.95. The predicted octanol–water partition coefficient (Wildman–Crippen LogP) is 3.01. The normalized spacial score (nSPS) is 13.1. The molecule has 0 atom stereocenters. The molecule has 0 radical (unpaired) electrons. The summed E-state index contributed by atoms with van der Waals surface area (Å²) >= 11 is 0. The summed E-state index contributed by atoms with van der Waals surface area (Å²) in [4.78, 5) is 17.7. The third kappa shape index (κ3) is 1.81. The predicted molar refractivity (Wildman–Crippen MR) is 99.6 cm³/mol. The molecule has 2 N–H and O–H groups in total. The maximum Gasteiger partial charge on any atom is 0.261 e. The van der Waals surface area contributed by atoms with Gasteiger partial charge in [0, 0.05) is 30.6 Å². The average molecular weight is 347 g/mol. The zero-order chi connectivity index (χ0) is 18.0. The number of rotatable bonds is 1. The first-order valence-electron chi connectivity index (χ1n) is 8.67. The lowest BCUT2D eigenvalue weighted by Crippen LogP contribution is -2.28.